The lowest BCUT2D eigenvalue weighted by Gasteiger charge is -2.34. The highest BCUT2D eigenvalue weighted by Gasteiger charge is 2.33. The summed E-state index contributed by atoms with van der Waals surface area (Å²) in [7, 11) is 1.81. The molecule has 1 aliphatic rings. The van der Waals surface area contributed by atoms with Crippen LogP contribution in [0.5, 0.6) is 0 Å². The van der Waals surface area contributed by atoms with Gasteiger partial charge in [0, 0.05) is 32.5 Å². The summed E-state index contributed by atoms with van der Waals surface area (Å²) in [5.41, 5.74) is 0. The van der Waals surface area contributed by atoms with Crippen molar-refractivity contribution in [3.63, 3.8) is 0 Å². The minimum Gasteiger partial charge on any atom is -0.481 e. The number of rotatable bonds is 3. The van der Waals surface area contributed by atoms with E-state index in [0.717, 1.165) is 0 Å². The molecule has 1 amide bonds. The Morgan fingerprint density at radius 1 is 1.71 bits per heavy atom. The second kappa shape index (κ2) is 4.44. The third-order valence-corrected chi connectivity index (χ3v) is 2.75. The Bertz CT molecular complexity index is 443. The second-order valence-electron chi connectivity index (χ2n) is 3.94. The van der Waals surface area contributed by atoms with Crippen LogP contribution in [-0.4, -0.2) is 45.7 Å². The van der Waals surface area contributed by atoms with E-state index in [1.807, 2.05) is 7.05 Å². The molecule has 1 unspecified atom stereocenters. The van der Waals surface area contributed by atoms with E-state index in [9.17, 15) is 9.59 Å². The molecule has 0 saturated carbocycles. The van der Waals surface area contributed by atoms with Crippen molar-refractivity contribution in [3.8, 4) is 0 Å². The van der Waals surface area contributed by atoms with Crippen LogP contribution in [0.15, 0.2) is 12.4 Å². The maximum absolute atomic E-state index is 11.7. The van der Waals surface area contributed by atoms with E-state index in [0.29, 0.717) is 19.0 Å². The van der Waals surface area contributed by atoms with Gasteiger partial charge in [0.25, 0.3) is 0 Å². The Kier molecular flexibility index (Phi) is 2.99. The number of nitrogens with zero attached hydrogens (tertiary/aromatic N) is 3. The first kappa shape index (κ1) is 11.4. The quantitative estimate of drug-likeness (QED) is 0.719. The predicted octanol–water partition coefficient (Wildman–Crippen LogP) is -0.800. The predicted molar refractivity (Wildman–Crippen MR) is 59.6 cm³/mol. The number of aryl methyl sites for hydroxylation is 1. The van der Waals surface area contributed by atoms with Crippen molar-refractivity contribution in [2.75, 3.05) is 18.0 Å². The topological polar surface area (TPSA) is 87.5 Å². The Morgan fingerprint density at radius 3 is 3.06 bits per heavy atom. The largest absolute Gasteiger partial charge is 0.481 e. The maximum atomic E-state index is 11.7. The van der Waals surface area contributed by atoms with Crippen LogP contribution >= 0.6 is 0 Å². The van der Waals surface area contributed by atoms with Gasteiger partial charge in [0.2, 0.25) is 11.9 Å². The summed E-state index contributed by atoms with van der Waals surface area (Å²) in [6, 6.07) is -0.692. The first-order valence-corrected chi connectivity index (χ1v) is 5.33. The summed E-state index contributed by atoms with van der Waals surface area (Å²) in [6.45, 7) is 1.07. The average molecular weight is 238 g/mol. The average Bonchev–Trinajstić information content (AvgIpc) is 2.67. The Hall–Kier alpha value is -2.05. The monoisotopic (exact) mass is 238 g/mol. The highest BCUT2D eigenvalue weighted by molar-refractivity contribution is 5.89. The number of anilines is 1. The molecule has 0 aromatic carbocycles. The molecule has 0 radical (unpaired) electrons. The van der Waals surface area contributed by atoms with E-state index in [1.165, 1.54) is 0 Å². The summed E-state index contributed by atoms with van der Waals surface area (Å²) in [5.74, 6) is -0.640. The SMILES string of the molecule is Cn1ccnc1N1CCNC(=O)C1CC(=O)O. The number of piperazine rings is 1. The van der Waals surface area contributed by atoms with Crippen LogP contribution in [-0.2, 0) is 16.6 Å². The molecule has 0 bridgehead atoms. The van der Waals surface area contributed by atoms with Crippen molar-refractivity contribution in [3.05, 3.63) is 12.4 Å². The van der Waals surface area contributed by atoms with E-state index in [1.54, 1.807) is 21.9 Å². The Balaban J connectivity index is 2.26. The molecule has 7 heteroatoms. The van der Waals surface area contributed by atoms with Crippen LogP contribution in [0.1, 0.15) is 6.42 Å². The fraction of sp³-hybridized carbons (Fsp3) is 0.500. The van der Waals surface area contributed by atoms with Crippen molar-refractivity contribution in [1.29, 1.82) is 0 Å². The lowest BCUT2D eigenvalue weighted by Crippen LogP contribution is -2.56. The molecule has 1 aromatic rings. The van der Waals surface area contributed by atoms with Crippen LogP contribution in [0.25, 0.3) is 0 Å². The van der Waals surface area contributed by atoms with Gasteiger partial charge >= 0.3 is 5.97 Å². The minimum absolute atomic E-state index is 0.224. The van der Waals surface area contributed by atoms with E-state index < -0.39 is 12.0 Å². The molecule has 7 nitrogen and oxygen atoms in total. The van der Waals surface area contributed by atoms with E-state index in [2.05, 4.69) is 10.3 Å². The summed E-state index contributed by atoms with van der Waals surface area (Å²) in [6.07, 6.45) is 3.16. The van der Waals surface area contributed by atoms with Crippen LogP contribution < -0.4 is 10.2 Å². The van der Waals surface area contributed by atoms with E-state index in [-0.39, 0.29) is 12.3 Å². The van der Waals surface area contributed by atoms with Crippen molar-refractivity contribution < 1.29 is 14.7 Å². The number of aliphatic carboxylic acids is 1. The molecule has 0 aliphatic carbocycles. The summed E-state index contributed by atoms with van der Waals surface area (Å²) in [4.78, 5) is 28.3. The van der Waals surface area contributed by atoms with Gasteiger partial charge in [0.05, 0.1) is 6.42 Å². The van der Waals surface area contributed by atoms with Gasteiger partial charge in [-0.05, 0) is 0 Å². The standard InChI is InChI=1S/C10H14N4O3/c1-13-4-2-12-10(13)14-5-3-11-9(17)7(14)6-8(15)16/h2,4,7H,3,5-6H2,1H3,(H,11,17)(H,15,16). The molecular formula is C10H14N4O3. The zero-order valence-corrected chi connectivity index (χ0v) is 9.46. The number of amides is 1. The number of nitrogens with one attached hydrogen (secondary N) is 1. The first-order valence-electron chi connectivity index (χ1n) is 5.33. The number of imidazole rings is 1. The van der Waals surface area contributed by atoms with Gasteiger partial charge in [-0.1, -0.05) is 0 Å². The molecular weight excluding hydrogens is 224 g/mol. The number of hydrogen-bond acceptors (Lipinski definition) is 4. The summed E-state index contributed by atoms with van der Waals surface area (Å²) >= 11 is 0. The normalized spacial score (nSPS) is 20.2. The van der Waals surface area contributed by atoms with Gasteiger partial charge in [-0.25, -0.2) is 4.98 Å². The van der Waals surface area contributed by atoms with Crippen molar-refractivity contribution >= 4 is 17.8 Å². The molecule has 2 rings (SSSR count). The molecule has 17 heavy (non-hydrogen) atoms. The van der Waals surface area contributed by atoms with Crippen molar-refractivity contribution in [2.45, 2.75) is 12.5 Å². The number of carbonyl (C=O) groups excluding carboxylic acids is 1. The Labute approximate surface area is 98.0 Å². The third kappa shape index (κ3) is 2.22. The highest BCUT2D eigenvalue weighted by Crippen LogP contribution is 2.17. The number of hydrogen-bond donors (Lipinski definition) is 2. The van der Waals surface area contributed by atoms with Gasteiger partial charge in [-0.2, -0.15) is 0 Å². The molecule has 92 valence electrons. The molecule has 1 fully saturated rings. The number of aromatic nitrogens is 2. The maximum Gasteiger partial charge on any atom is 0.305 e. The van der Waals surface area contributed by atoms with Crippen molar-refractivity contribution in [1.82, 2.24) is 14.9 Å². The molecule has 0 spiro atoms. The smallest absolute Gasteiger partial charge is 0.305 e. The van der Waals surface area contributed by atoms with Crippen LogP contribution in [0.3, 0.4) is 0 Å². The molecule has 2 heterocycles. The zero-order chi connectivity index (χ0) is 12.4. The number of carbonyl (C=O) groups is 2. The number of carboxylic acids is 1. The van der Waals surface area contributed by atoms with Gasteiger partial charge in [0.15, 0.2) is 0 Å². The summed E-state index contributed by atoms with van der Waals surface area (Å²) < 4.78 is 1.77. The lowest BCUT2D eigenvalue weighted by atomic mass is 10.1. The fourth-order valence-electron chi connectivity index (χ4n) is 1.96. The first-order chi connectivity index (χ1) is 8.09. The summed E-state index contributed by atoms with van der Waals surface area (Å²) in [5, 5.41) is 11.5. The van der Waals surface area contributed by atoms with Gasteiger partial charge in [-0.3, -0.25) is 9.59 Å². The third-order valence-electron chi connectivity index (χ3n) is 2.75. The molecule has 1 aromatic heterocycles. The van der Waals surface area contributed by atoms with E-state index in [4.69, 9.17) is 5.11 Å². The van der Waals surface area contributed by atoms with Gasteiger partial charge in [-0.15, -0.1) is 0 Å². The van der Waals surface area contributed by atoms with Gasteiger partial charge in [0.1, 0.15) is 6.04 Å². The fourth-order valence-corrected chi connectivity index (χ4v) is 1.96. The highest BCUT2D eigenvalue weighted by atomic mass is 16.4. The minimum atomic E-state index is -0.994. The van der Waals surface area contributed by atoms with Gasteiger partial charge < -0.3 is 19.9 Å². The second-order valence-corrected chi connectivity index (χ2v) is 3.94. The van der Waals surface area contributed by atoms with Crippen LogP contribution in [0, 0.1) is 0 Å². The van der Waals surface area contributed by atoms with Crippen LogP contribution in [0.4, 0.5) is 5.95 Å². The molecule has 1 atom stereocenters. The molecule has 1 aliphatic heterocycles. The number of carboxylic acid groups (broad SMARTS) is 1. The lowest BCUT2D eigenvalue weighted by molar-refractivity contribution is -0.139. The van der Waals surface area contributed by atoms with E-state index >= 15 is 0 Å². The van der Waals surface area contributed by atoms with Crippen LogP contribution in [0.2, 0.25) is 0 Å². The molecule has 2 N–H and O–H groups in total. The Morgan fingerprint density at radius 2 is 2.47 bits per heavy atom. The molecule has 1 saturated heterocycles. The zero-order valence-electron chi connectivity index (χ0n) is 9.46. The van der Waals surface area contributed by atoms with Crippen molar-refractivity contribution in [2.24, 2.45) is 7.05 Å².